The molecular weight excluding hydrogens is 255 g/mol. The summed E-state index contributed by atoms with van der Waals surface area (Å²) in [4.78, 5) is 0. The molecule has 0 saturated carbocycles. The third-order valence-electron chi connectivity index (χ3n) is 2.66. The summed E-state index contributed by atoms with van der Waals surface area (Å²) >= 11 is 0. The fourth-order valence-electron chi connectivity index (χ4n) is 1.66. The van der Waals surface area contributed by atoms with E-state index in [1.54, 1.807) is 6.07 Å². The SMILES string of the molecule is NCc1c(F)cccc1OCc1ccc(F)c(F)c1. The Morgan fingerprint density at radius 3 is 2.42 bits per heavy atom. The highest BCUT2D eigenvalue weighted by Gasteiger charge is 2.09. The zero-order valence-corrected chi connectivity index (χ0v) is 10.00. The van der Waals surface area contributed by atoms with Crippen LogP contribution in [0.15, 0.2) is 36.4 Å². The molecule has 0 amide bonds. The zero-order chi connectivity index (χ0) is 13.8. The topological polar surface area (TPSA) is 35.2 Å². The maximum Gasteiger partial charge on any atom is 0.159 e. The Bertz CT molecular complexity index is 587. The van der Waals surface area contributed by atoms with Crippen molar-refractivity contribution in [2.45, 2.75) is 13.2 Å². The first-order valence-electron chi connectivity index (χ1n) is 5.66. The van der Waals surface area contributed by atoms with Crippen LogP contribution >= 0.6 is 0 Å². The molecule has 0 saturated heterocycles. The van der Waals surface area contributed by atoms with Crippen LogP contribution in [-0.4, -0.2) is 0 Å². The van der Waals surface area contributed by atoms with Crippen molar-refractivity contribution in [3.05, 3.63) is 65.0 Å². The molecule has 100 valence electrons. The van der Waals surface area contributed by atoms with Crippen LogP contribution in [0, 0.1) is 17.5 Å². The van der Waals surface area contributed by atoms with Crippen molar-refractivity contribution < 1.29 is 17.9 Å². The van der Waals surface area contributed by atoms with Crippen LogP contribution in [0.1, 0.15) is 11.1 Å². The molecule has 0 aliphatic carbocycles. The number of benzene rings is 2. The molecule has 0 spiro atoms. The number of halogens is 3. The quantitative estimate of drug-likeness (QED) is 0.923. The summed E-state index contributed by atoms with van der Waals surface area (Å²) in [6.07, 6.45) is 0. The van der Waals surface area contributed by atoms with Crippen LogP contribution in [0.25, 0.3) is 0 Å². The fourth-order valence-corrected chi connectivity index (χ4v) is 1.66. The van der Waals surface area contributed by atoms with Crippen LogP contribution in [-0.2, 0) is 13.2 Å². The van der Waals surface area contributed by atoms with E-state index in [0.29, 0.717) is 11.3 Å². The first-order valence-corrected chi connectivity index (χ1v) is 5.66. The number of nitrogens with two attached hydrogens (primary N) is 1. The lowest BCUT2D eigenvalue weighted by atomic mass is 10.2. The van der Waals surface area contributed by atoms with Crippen LogP contribution in [0.3, 0.4) is 0 Å². The van der Waals surface area contributed by atoms with Gasteiger partial charge in [0.1, 0.15) is 18.2 Å². The Balaban J connectivity index is 2.14. The van der Waals surface area contributed by atoms with Gasteiger partial charge in [0.2, 0.25) is 0 Å². The van der Waals surface area contributed by atoms with Gasteiger partial charge in [-0.15, -0.1) is 0 Å². The molecule has 0 aromatic heterocycles. The van der Waals surface area contributed by atoms with Crippen molar-refractivity contribution >= 4 is 0 Å². The Hall–Kier alpha value is -2.01. The minimum Gasteiger partial charge on any atom is -0.488 e. The monoisotopic (exact) mass is 267 g/mol. The largest absolute Gasteiger partial charge is 0.488 e. The van der Waals surface area contributed by atoms with Crippen molar-refractivity contribution in [1.29, 1.82) is 0 Å². The van der Waals surface area contributed by atoms with Crippen molar-refractivity contribution in [2.75, 3.05) is 0 Å². The van der Waals surface area contributed by atoms with Gasteiger partial charge in [-0.1, -0.05) is 12.1 Å². The predicted molar refractivity (Wildman–Crippen MR) is 65.0 cm³/mol. The lowest BCUT2D eigenvalue weighted by Crippen LogP contribution is -2.05. The molecule has 0 radical (unpaired) electrons. The summed E-state index contributed by atoms with van der Waals surface area (Å²) in [5, 5.41) is 0. The Morgan fingerprint density at radius 2 is 1.74 bits per heavy atom. The highest BCUT2D eigenvalue weighted by atomic mass is 19.2. The second kappa shape index (κ2) is 5.75. The summed E-state index contributed by atoms with van der Waals surface area (Å²) in [7, 11) is 0. The van der Waals surface area contributed by atoms with Gasteiger partial charge in [-0.3, -0.25) is 0 Å². The summed E-state index contributed by atoms with van der Waals surface area (Å²) < 4.78 is 44.6. The van der Waals surface area contributed by atoms with Crippen LogP contribution in [0.4, 0.5) is 13.2 Å². The molecule has 2 aromatic rings. The van der Waals surface area contributed by atoms with Gasteiger partial charge in [0, 0.05) is 12.1 Å². The van der Waals surface area contributed by atoms with E-state index in [2.05, 4.69) is 0 Å². The molecule has 0 aliphatic rings. The Morgan fingerprint density at radius 1 is 0.947 bits per heavy atom. The molecule has 2 aromatic carbocycles. The average molecular weight is 267 g/mol. The number of hydrogen-bond donors (Lipinski definition) is 1. The van der Waals surface area contributed by atoms with E-state index in [1.807, 2.05) is 0 Å². The highest BCUT2D eigenvalue weighted by Crippen LogP contribution is 2.22. The van der Waals surface area contributed by atoms with Crippen LogP contribution in [0.2, 0.25) is 0 Å². The van der Waals surface area contributed by atoms with Crippen molar-refractivity contribution in [2.24, 2.45) is 5.73 Å². The molecule has 2 nitrogen and oxygen atoms in total. The lowest BCUT2D eigenvalue weighted by molar-refractivity contribution is 0.299. The highest BCUT2D eigenvalue weighted by molar-refractivity contribution is 5.34. The summed E-state index contributed by atoms with van der Waals surface area (Å²) in [6, 6.07) is 7.81. The molecule has 0 fully saturated rings. The second-order valence-corrected chi connectivity index (χ2v) is 3.96. The predicted octanol–water partition coefficient (Wildman–Crippen LogP) is 3.14. The Kier molecular flexibility index (Phi) is 4.06. The number of ether oxygens (including phenoxy) is 1. The fraction of sp³-hybridized carbons (Fsp3) is 0.143. The third kappa shape index (κ3) is 3.06. The van der Waals surface area contributed by atoms with E-state index in [9.17, 15) is 13.2 Å². The molecule has 2 rings (SSSR count). The van der Waals surface area contributed by atoms with Gasteiger partial charge >= 0.3 is 0 Å². The molecular formula is C14H12F3NO. The van der Waals surface area contributed by atoms with E-state index < -0.39 is 17.5 Å². The van der Waals surface area contributed by atoms with Gasteiger partial charge in [-0.05, 0) is 29.8 Å². The standard InChI is InChI=1S/C14H12F3NO/c15-11-2-1-3-14(10(11)7-18)19-8-9-4-5-12(16)13(17)6-9/h1-6H,7-8,18H2. The van der Waals surface area contributed by atoms with E-state index >= 15 is 0 Å². The number of hydrogen-bond acceptors (Lipinski definition) is 2. The van der Waals surface area contributed by atoms with Crippen LogP contribution < -0.4 is 10.5 Å². The van der Waals surface area contributed by atoms with Gasteiger partial charge in [-0.25, -0.2) is 13.2 Å². The van der Waals surface area contributed by atoms with Gasteiger partial charge in [-0.2, -0.15) is 0 Å². The second-order valence-electron chi connectivity index (χ2n) is 3.96. The van der Waals surface area contributed by atoms with Crippen molar-refractivity contribution in [3.8, 4) is 5.75 Å². The van der Waals surface area contributed by atoms with E-state index in [1.165, 1.54) is 18.2 Å². The Labute approximate surface area is 108 Å². The summed E-state index contributed by atoms with van der Waals surface area (Å²) in [5.74, 6) is -2.02. The van der Waals surface area contributed by atoms with Crippen molar-refractivity contribution in [1.82, 2.24) is 0 Å². The maximum absolute atomic E-state index is 13.4. The maximum atomic E-state index is 13.4. The van der Waals surface area contributed by atoms with Crippen LogP contribution in [0.5, 0.6) is 5.75 Å². The minimum atomic E-state index is -0.945. The average Bonchev–Trinajstić information content (AvgIpc) is 2.40. The lowest BCUT2D eigenvalue weighted by Gasteiger charge is -2.11. The summed E-state index contributed by atoms with van der Waals surface area (Å²) in [5.41, 5.74) is 6.14. The smallest absolute Gasteiger partial charge is 0.159 e. The van der Waals surface area contributed by atoms with E-state index in [-0.39, 0.29) is 18.7 Å². The molecule has 0 aliphatic heterocycles. The first kappa shape index (κ1) is 13.4. The van der Waals surface area contributed by atoms with Gasteiger partial charge < -0.3 is 10.5 Å². The van der Waals surface area contributed by atoms with Gasteiger partial charge in [0.15, 0.2) is 11.6 Å². The first-order chi connectivity index (χ1) is 9.11. The van der Waals surface area contributed by atoms with E-state index in [4.69, 9.17) is 10.5 Å². The summed E-state index contributed by atoms with van der Waals surface area (Å²) in [6.45, 7) is 0.00738. The minimum absolute atomic E-state index is 0.000213. The van der Waals surface area contributed by atoms with Gasteiger partial charge in [0.25, 0.3) is 0 Å². The number of rotatable bonds is 4. The molecule has 0 heterocycles. The molecule has 0 bridgehead atoms. The normalized spacial score (nSPS) is 10.5. The molecule has 19 heavy (non-hydrogen) atoms. The van der Waals surface area contributed by atoms with E-state index in [0.717, 1.165) is 12.1 Å². The van der Waals surface area contributed by atoms with Gasteiger partial charge in [0.05, 0.1) is 0 Å². The third-order valence-corrected chi connectivity index (χ3v) is 2.66. The zero-order valence-electron chi connectivity index (χ0n) is 10.00. The molecule has 0 unspecified atom stereocenters. The van der Waals surface area contributed by atoms with Crippen molar-refractivity contribution in [3.63, 3.8) is 0 Å². The molecule has 0 atom stereocenters. The molecule has 2 N–H and O–H groups in total. The molecule has 5 heteroatoms.